The Labute approximate surface area is 125 Å². The maximum absolute atomic E-state index is 12.0. The number of rotatable bonds is 8. The molecule has 0 aliphatic rings. The third-order valence-corrected chi connectivity index (χ3v) is 2.84. The second-order valence-electron chi connectivity index (χ2n) is 4.92. The van der Waals surface area contributed by atoms with Crippen LogP contribution < -0.4 is 10.1 Å². The number of hydrogen-bond donors (Lipinski definition) is 1. The molecule has 0 aliphatic heterocycles. The lowest BCUT2D eigenvalue weighted by Gasteiger charge is -2.10. The summed E-state index contributed by atoms with van der Waals surface area (Å²) in [7, 11) is 1.53. The summed E-state index contributed by atoms with van der Waals surface area (Å²) in [5.74, 6) is 0.858. The summed E-state index contributed by atoms with van der Waals surface area (Å²) >= 11 is 5.89. The average Bonchev–Trinajstić information content (AvgIpc) is 2.42. The number of hydrogen-bond acceptors (Lipinski definition) is 3. The lowest BCUT2D eigenvalue weighted by atomic mass is 10.2. The van der Waals surface area contributed by atoms with Gasteiger partial charge in [-0.05, 0) is 30.5 Å². The fourth-order valence-corrected chi connectivity index (χ4v) is 1.82. The molecule has 0 fully saturated rings. The zero-order valence-electron chi connectivity index (χ0n) is 12.2. The van der Waals surface area contributed by atoms with E-state index in [1.165, 1.54) is 7.11 Å². The van der Waals surface area contributed by atoms with Gasteiger partial charge >= 0.3 is 0 Å². The number of benzene rings is 1. The van der Waals surface area contributed by atoms with Crippen molar-refractivity contribution >= 4 is 17.5 Å². The van der Waals surface area contributed by atoms with E-state index in [9.17, 15) is 4.79 Å². The Hall–Kier alpha value is -1.26. The summed E-state index contributed by atoms with van der Waals surface area (Å²) in [6.07, 6.45) is 0.779. The van der Waals surface area contributed by atoms with Crippen molar-refractivity contribution in [3.05, 3.63) is 28.8 Å². The molecule has 0 saturated heterocycles. The molecule has 0 atom stereocenters. The van der Waals surface area contributed by atoms with Gasteiger partial charge in [0, 0.05) is 24.8 Å². The molecular formula is C15H22ClNO3. The van der Waals surface area contributed by atoms with Gasteiger partial charge in [-0.15, -0.1) is 0 Å². The highest BCUT2D eigenvalue weighted by Gasteiger charge is 2.12. The van der Waals surface area contributed by atoms with Crippen LogP contribution in [0.1, 0.15) is 30.6 Å². The lowest BCUT2D eigenvalue weighted by Crippen LogP contribution is -2.25. The Bertz CT molecular complexity index is 435. The van der Waals surface area contributed by atoms with Crippen LogP contribution in [-0.4, -0.2) is 32.8 Å². The minimum Gasteiger partial charge on any atom is -0.496 e. The van der Waals surface area contributed by atoms with Crippen LogP contribution in [0.15, 0.2) is 18.2 Å². The first kappa shape index (κ1) is 16.8. The van der Waals surface area contributed by atoms with Gasteiger partial charge in [0.15, 0.2) is 0 Å². The molecular weight excluding hydrogens is 278 g/mol. The Kier molecular flexibility index (Phi) is 7.41. The van der Waals surface area contributed by atoms with Gasteiger partial charge in [0.1, 0.15) is 5.75 Å². The first-order valence-electron chi connectivity index (χ1n) is 6.74. The Morgan fingerprint density at radius 3 is 2.80 bits per heavy atom. The van der Waals surface area contributed by atoms with Crippen molar-refractivity contribution in [2.75, 3.05) is 26.9 Å². The number of amides is 1. The van der Waals surface area contributed by atoms with E-state index in [0.29, 0.717) is 35.4 Å². The number of carbonyl (C=O) groups is 1. The predicted octanol–water partition coefficient (Wildman–Crippen LogP) is 3.14. The molecule has 0 heterocycles. The molecule has 0 unspecified atom stereocenters. The summed E-state index contributed by atoms with van der Waals surface area (Å²) < 4.78 is 10.6. The minimum atomic E-state index is -0.187. The fraction of sp³-hybridized carbons (Fsp3) is 0.533. The second kappa shape index (κ2) is 8.82. The zero-order chi connectivity index (χ0) is 15.0. The molecule has 1 aromatic rings. The van der Waals surface area contributed by atoms with E-state index in [4.69, 9.17) is 21.1 Å². The Morgan fingerprint density at radius 2 is 2.15 bits per heavy atom. The van der Waals surface area contributed by atoms with Crippen molar-refractivity contribution < 1.29 is 14.3 Å². The van der Waals surface area contributed by atoms with Crippen LogP contribution >= 0.6 is 11.6 Å². The van der Waals surface area contributed by atoms with Gasteiger partial charge in [0.25, 0.3) is 5.91 Å². The molecule has 0 aromatic heterocycles. The second-order valence-corrected chi connectivity index (χ2v) is 5.36. The van der Waals surface area contributed by atoms with E-state index in [0.717, 1.165) is 13.0 Å². The molecule has 0 spiro atoms. The van der Waals surface area contributed by atoms with Crippen LogP contribution in [0.25, 0.3) is 0 Å². The highest BCUT2D eigenvalue weighted by atomic mass is 35.5. The normalized spacial score (nSPS) is 10.7. The van der Waals surface area contributed by atoms with Crippen LogP contribution in [0.3, 0.4) is 0 Å². The van der Waals surface area contributed by atoms with Crippen LogP contribution in [0.4, 0.5) is 0 Å². The molecule has 0 bridgehead atoms. The van der Waals surface area contributed by atoms with Gasteiger partial charge < -0.3 is 14.8 Å². The maximum Gasteiger partial charge on any atom is 0.255 e. The third kappa shape index (κ3) is 5.80. The maximum atomic E-state index is 12.0. The molecule has 0 saturated carbocycles. The number of methoxy groups -OCH3 is 1. The van der Waals surface area contributed by atoms with Crippen molar-refractivity contribution in [2.24, 2.45) is 5.92 Å². The van der Waals surface area contributed by atoms with Crippen LogP contribution in [0.2, 0.25) is 5.02 Å². The molecule has 1 amide bonds. The first-order chi connectivity index (χ1) is 9.54. The molecule has 112 valence electrons. The molecule has 1 rings (SSSR count). The van der Waals surface area contributed by atoms with Gasteiger partial charge in [-0.3, -0.25) is 4.79 Å². The average molecular weight is 300 g/mol. The van der Waals surface area contributed by atoms with Crippen molar-refractivity contribution in [3.63, 3.8) is 0 Å². The summed E-state index contributed by atoms with van der Waals surface area (Å²) in [5.41, 5.74) is 0.447. The monoisotopic (exact) mass is 299 g/mol. The van der Waals surface area contributed by atoms with Gasteiger partial charge in [0.05, 0.1) is 12.7 Å². The standard InChI is InChI=1S/C15H22ClNO3/c1-11(2)10-20-8-4-7-17-15(18)13-9-12(16)5-6-14(13)19-3/h5-6,9,11H,4,7-8,10H2,1-3H3,(H,17,18). The number of carbonyl (C=O) groups excluding carboxylic acids is 1. The molecule has 20 heavy (non-hydrogen) atoms. The topological polar surface area (TPSA) is 47.6 Å². The highest BCUT2D eigenvalue weighted by molar-refractivity contribution is 6.31. The highest BCUT2D eigenvalue weighted by Crippen LogP contribution is 2.22. The molecule has 0 aliphatic carbocycles. The summed E-state index contributed by atoms with van der Waals surface area (Å²) in [4.78, 5) is 12.0. The van der Waals surface area contributed by atoms with E-state index in [2.05, 4.69) is 19.2 Å². The summed E-state index contributed by atoms with van der Waals surface area (Å²) in [6, 6.07) is 4.98. The fourth-order valence-electron chi connectivity index (χ4n) is 1.65. The summed E-state index contributed by atoms with van der Waals surface area (Å²) in [5, 5.41) is 3.34. The number of halogens is 1. The van der Waals surface area contributed by atoms with Crippen molar-refractivity contribution in [3.8, 4) is 5.75 Å². The molecule has 4 nitrogen and oxygen atoms in total. The van der Waals surface area contributed by atoms with E-state index < -0.39 is 0 Å². The van der Waals surface area contributed by atoms with E-state index in [-0.39, 0.29) is 5.91 Å². The molecule has 1 aromatic carbocycles. The SMILES string of the molecule is COc1ccc(Cl)cc1C(=O)NCCCOCC(C)C. The quantitative estimate of drug-likeness (QED) is 0.750. The van der Waals surface area contributed by atoms with Crippen molar-refractivity contribution in [1.29, 1.82) is 0 Å². The molecule has 5 heteroatoms. The van der Waals surface area contributed by atoms with Crippen LogP contribution in [0.5, 0.6) is 5.75 Å². The minimum absolute atomic E-state index is 0.187. The number of ether oxygens (including phenoxy) is 2. The lowest BCUT2D eigenvalue weighted by molar-refractivity contribution is 0.0922. The Morgan fingerprint density at radius 1 is 1.40 bits per heavy atom. The predicted molar refractivity (Wildman–Crippen MR) is 80.6 cm³/mol. The first-order valence-corrected chi connectivity index (χ1v) is 7.12. The van der Waals surface area contributed by atoms with Gasteiger partial charge in [-0.1, -0.05) is 25.4 Å². The Balaban J connectivity index is 2.37. The molecule has 1 N–H and O–H groups in total. The smallest absolute Gasteiger partial charge is 0.255 e. The largest absolute Gasteiger partial charge is 0.496 e. The van der Waals surface area contributed by atoms with Gasteiger partial charge in [0.2, 0.25) is 0 Å². The summed E-state index contributed by atoms with van der Waals surface area (Å²) in [6.45, 7) is 6.16. The van der Waals surface area contributed by atoms with Crippen molar-refractivity contribution in [1.82, 2.24) is 5.32 Å². The van der Waals surface area contributed by atoms with E-state index in [1.807, 2.05) is 0 Å². The van der Waals surface area contributed by atoms with Crippen molar-refractivity contribution in [2.45, 2.75) is 20.3 Å². The van der Waals surface area contributed by atoms with Crippen LogP contribution in [-0.2, 0) is 4.74 Å². The molecule has 0 radical (unpaired) electrons. The zero-order valence-corrected chi connectivity index (χ0v) is 13.0. The van der Waals surface area contributed by atoms with Crippen LogP contribution in [0, 0.1) is 5.92 Å². The van der Waals surface area contributed by atoms with Gasteiger partial charge in [-0.25, -0.2) is 0 Å². The third-order valence-electron chi connectivity index (χ3n) is 2.61. The van der Waals surface area contributed by atoms with E-state index in [1.54, 1.807) is 18.2 Å². The van der Waals surface area contributed by atoms with Gasteiger partial charge in [-0.2, -0.15) is 0 Å². The number of nitrogens with one attached hydrogen (secondary N) is 1. The van der Waals surface area contributed by atoms with E-state index >= 15 is 0 Å².